The van der Waals surface area contributed by atoms with E-state index in [1.807, 2.05) is 0 Å². The summed E-state index contributed by atoms with van der Waals surface area (Å²) in [5.74, 6) is -0.0647. The van der Waals surface area contributed by atoms with E-state index in [9.17, 15) is 43.5 Å². The van der Waals surface area contributed by atoms with Crippen LogP contribution in [0.3, 0.4) is 0 Å². The van der Waals surface area contributed by atoms with E-state index in [1.165, 1.54) is 29.1 Å². The first-order valence-electron chi connectivity index (χ1n) is 11.1. The molecule has 7 N–H and O–H groups in total. The number of fused-ring (bicyclic) bond motifs is 1. The maximum absolute atomic E-state index is 12.6. The number of nitro benzene ring substituents is 1. The van der Waals surface area contributed by atoms with Crippen LogP contribution in [0.4, 0.5) is 11.6 Å². The van der Waals surface area contributed by atoms with Crippen LogP contribution in [-0.2, 0) is 38.1 Å². The molecular weight excluding hydrogens is 621 g/mol. The number of anilines is 1. The van der Waals surface area contributed by atoms with Crippen molar-refractivity contribution in [2.75, 3.05) is 11.9 Å². The minimum absolute atomic E-state index is 0.00968. The van der Waals surface area contributed by atoms with Crippen molar-refractivity contribution in [2.24, 2.45) is 0 Å². The summed E-state index contributed by atoms with van der Waals surface area (Å²) in [6.07, 6.45) is -2.70. The number of aromatic nitrogens is 4. The molecule has 0 spiro atoms. The van der Waals surface area contributed by atoms with E-state index in [4.69, 9.17) is 14.5 Å². The van der Waals surface area contributed by atoms with Gasteiger partial charge in [0.2, 0.25) is 5.95 Å². The Hall–Kier alpha value is -2.90. The molecule has 3 unspecified atom stereocenters. The molecule has 224 valence electrons. The Bertz CT molecular complexity index is 1660. The highest BCUT2D eigenvalue weighted by Crippen LogP contribution is 2.66. The Balaban J connectivity index is 1.45. The van der Waals surface area contributed by atoms with Crippen molar-refractivity contribution in [1.82, 2.24) is 19.5 Å². The van der Waals surface area contributed by atoms with Crippen molar-refractivity contribution in [2.45, 2.75) is 31.4 Å². The number of aliphatic hydroxyl groups is 1. The first-order valence-corrected chi connectivity index (χ1v) is 15.6. The fraction of sp³-hybridized carbons (Fsp3) is 0.353. The fourth-order valence-corrected chi connectivity index (χ4v) is 6.77. The number of aliphatic hydroxyl groups excluding tert-OH is 1. The van der Waals surface area contributed by atoms with Gasteiger partial charge in [-0.05, 0) is 0 Å². The molecule has 3 aromatic rings. The lowest BCUT2D eigenvalue weighted by molar-refractivity contribution is -0.385. The van der Waals surface area contributed by atoms with E-state index < -0.39 is 59.0 Å². The molecule has 24 heteroatoms. The Morgan fingerprint density at radius 1 is 1.17 bits per heavy atom. The Labute approximate surface area is 227 Å². The summed E-state index contributed by atoms with van der Waals surface area (Å²) < 4.78 is 52.8. The number of phosphoric ester groups is 1. The van der Waals surface area contributed by atoms with Crippen LogP contribution in [-0.4, -0.2) is 67.9 Å². The number of H-pyrrole nitrogens is 1. The quantitative estimate of drug-likeness (QED) is 0.0809. The molecule has 1 aromatic carbocycles. The molecule has 41 heavy (non-hydrogen) atoms. The van der Waals surface area contributed by atoms with Gasteiger partial charge in [0.05, 0.1) is 24.0 Å². The van der Waals surface area contributed by atoms with Crippen molar-refractivity contribution < 1.29 is 61.2 Å². The second-order valence-corrected chi connectivity index (χ2v) is 12.7. The van der Waals surface area contributed by atoms with Gasteiger partial charge >= 0.3 is 23.5 Å². The van der Waals surface area contributed by atoms with Gasteiger partial charge in [0, 0.05) is 24.6 Å². The van der Waals surface area contributed by atoms with Gasteiger partial charge in [-0.25, -0.2) is 18.7 Å². The minimum atomic E-state index is -5.73. The van der Waals surface area contributed by atoms with E-state index in [1.54, 1.807) is 6.07 Å². The number of benzene rings is 1. The Kier molecular flexibility index (Phi) is 8.91. The molecule has 21 nitrogen and oxygen atoms in total. The number of aromatic amines is 1. The summed E-state index contributed by atoms with van der Waals surface area (Å²) in [5.41, 5.74) is -0.624. The van der Waals surface area contributed by atoms with Crippen LogP contribution in [0.1, 0.15) is 18.2 Å². The molecule has 0 radical (unpaired) electrons. The van der Waals surface area contributed by atoms with Crippen LogP contribution in [0.15, 0.2) is 35.4 Å². The summed E-state index contributed by atoms with van der Waals surface area (Å²) in [5, 5.41) is 24.4. The Morgan fingerprint density at radius 2 is 1.88 bits per heavy atom. The van der Waals surface area contributed by atoms with E-state index in [-0.39, 0.29) is 35.8 Å². The number of phosphoric acid groups is 3. The number of nitrogens with one attached hydrogen (secondary N) is 2. The van der Waals surface area contributed by atoms with Crippen molar-refractivity contribution >= 4 is 46.3 Å². The molecule has 0 amide bonds. The third-order valence-corrected chi connectivity index (χ3v) is 9.20. The maximum atomic E-state index is 12.6. The summed E-state index contributed by atoms with van der Waals surface area (Å²) in [6, 6.07) is 5.93. The summed E-state index contributed by atoms with van der Waals surface area (Å²) >= 11 is 0. The number of para-hydroxylation sites is 1. The van der Waals surface area contributed by atoms with Gasteiger partial charge < -0.3 is 34.7 Å². The zero-order chi connectivity index (χ0) is 30.2. The molecule has 0 aliphatic carbocycles. The van der Waals surface area contributed by atoms with Gasteiger partial charge in [-0.3, -0.25) is 29.0 Å². The normalized spacial score (nSPS) is 22.3. The van der Waals surface area contributed by atoms with Crippen LogP contribution in [0, 0.1) is 10.1 Å². The number of nitro groups is 1. The first-order chi connectivity index (χ1) is 19.0. The van der Waals surface area contributed by atoms with Crippen LogP contribution in [0.25, 0.3) is 11.2 Å². The third kappa shape index (κ3) is 7.89. The lowest BCUT2D eigenvalue weighted by Crippen LogP contribution is -2.26. The van der Waals surface area contributed by atoms with Gasteiger partial charge in [-0.2, -0.15) is 13.6 Å². The molecule has 1 fully saturated rings. The predicted octanol–water partition coefficient (Wildman–Crippen LogP) is 0.632. The zero-order valence-electron chi connectivity index (χ0n) is 20.2. The number of hydrogen-bond donors (Lipinski definition) is 7. The predicted molar refractivity (Wildman–Crippen MR) is 133 cm³/mol. The van der Waals surface area contributed by atoms with Crippen molar-refractivity contribution in [1.29, 1.82) is 0 Å². The monoisotopic (exact) mass is 642 g/mol. The average molecular weight is 642 g/mol. The number of imidazole rings is 1. The number of rotatable bonds is 12. The molecule has 0 bridgehead atoms. The minimum Gasteiger partial charge on any atom is -0.390 e. The van der Waals surface area contributed by atoms with Crippen molar-refractivity contribution in [3.05, 3.63) is 56.6 Å². The lowest BCUT2D eigenvalue weighted by atomic mass is 10.2. The molecule has 3 heterocycles. The Morgan fingerprint density at radius 3 is 2.56 bits per heavy atom. The highest BCUT2D eigenvalue weighted by molar-refractivity contribution is 7.66. The average Bonchev–Trinajstić information content (AvgIpc) is 3.42. The number of hydrogen-bond acceptors (Lipinski definition) is 14. The zero-order valence-corrected chi connectivity index (χ0v) is 22.9. The molecule has 2 aromatic heterocycles. The molecule has 1 saturated heterocycles. The van der Waals surface area contributed by atoms with Crippen LogP contribution >= 0.6 is 23.5 Å². The van der Waals surface area contributed by atoms with Gasteiger partial charge in [-0.1, -0.05) is 18.2 Å². The molecule has 1 aliphatic rings. The summed E-state index contributed by atoms with van der Waals surface area (Å²) in [4.78, 5) is 69.9. The molecule has 0 saturated carbocycles. The topological polar surface area (TPSA) is 308 Å². The van der Waals surface area contributed by atoms with Gasteiger partial charge in [0.15, 0.2) is 11.2 Å². The highest BCUT2D eigenvalue weighted by atomic mass is 31.3. The molecule has 1 aliphatic heterocycles. The van der Waals surface area contributed by atoms with Crippen LogP contribution in [0.2, 0.25) is 0 Å². The first kappa shape index (κ1) is 31.0. The second-order valence-electron chi connectivity index (χ2n) is 8.30. The summed E-state index contributed by atoms with van der Waals surface area (Å²) in [7, 11) is -16.8. The second kappa shape index (κ2) is 11.8. The van der Waals surface area contributed by atoms with E-state index in [2.05, 4.69) is 33.4 Å². The van der Waals surface area contributed by atoms with Crippen molar-refractivity contribution in [3.63, 3.8) is 0 Å². The smallest absolute Gasteiger partial charge is 0.390 e. The van der Waals surface area contributed by atoms with Gasteiger partial charge in [0.1, 0.15) is 12.3 Å². The molecular formula is C17H21N6O15P3. The summed E-state index contributed by atoms with van der Waals surface area (Å²) in [6.45, 7) is -0.967. The van der Waals surface area contributed by atoms with Gasteiger partial charge in [0.25, 0.3) is 11.2 Å². The highest BCUT2D eigenvalue weighted by Gasteiger charge is 2.43. The van der Waals surface area contributed by atoms with Crippen LogP contribution in [0.5, 0.6) is 0 Å². The van der Waals surface area contributed by atoms with Crippen molar-refractivity contribution in [3.8, 4) is 0 Å². The third-order valence-electron chi connectivity index (χ3n) is 5.40. The van der Waals surface area contributed by atoms with Gasteiger partial charge in [-0.15, -0.1) is 0 Å². The van der Waals surface area contributed by atoms with Crippen LogP contribution < -0.4 is 10.9 Å². The number of ether oxygens (including phenoxy) is 1. The molecule has 4 rings (SSSR count). The largest absolute Gasteiger partial charge is 0.490 e. The maximum Gasteiger partial charge on any atom is 0.490 e. The number of nitrogens with zero attached hydrogens (tertiary/aromatic N) is 4. The fourth-order valence-electron chi connectivity index (χ4n) is 3.74. The van der Waals surface area contributed by atoms with E-state index in [0.717, 1.165) is 0 Å². The SMILES string of the molecule is O=c1[nH]c(NCc2ccccc2[N+](=O)[O-])nc2c1ncn2[C@H]1CC(O)[C@@H](COP(=O)(O)OP(=O)(O)OP(=O)(O)O)O1. The lowest BCUT2D eigenvalue weighted by Gasteiger charge is -2.19. The van der Waals surface area contributed by atoms with E-state index >= 15 is 0 Å². The molecule has 5 atom stereocenters. The standard InChI is InChI=1S/C17H21N6O15P3/c24-11-5-13(36-12(11)7-35-40(31,32)38-41(33,34)37-39(28,29)30)22-8-19-14-15(22)20-17(21-16(14)25)18-6-9-3-1-2-4-10(9)23(26)27/h1-4,8,11-13,24H,5-7H2,(H,31,32)(H,33,34)(H2,28,29,30)(H2,18,20,21,25)/t11?,12-,13-/m1/s1. The van der Waals surface area contributed by atoms with E-state index in [0.29, 0.717) is 5.56 Å².